The summed E-state index contributed by atoms with van der Waals surface area (Å²) in [5, 5.41) is 9.19. The number of aliphatic carboxylic acids is 1. The van der Waals surface area contributed by atoms with E-state index < -0.39 is 35.0 Å². The van der Waals surface area contributed by atoms with E-state index in [0.717, 1.165) is 23.8 Å². The zero-order valence-electron chi connectivity index (χ0n) is 19.9. The molecule has 3 rings (SSSR count). The van der Waals surface area contributed by atoms with Gasteiger partial charge in [-0.2, -0.15) is 26.3 Å². The zero-order chi connectivity index (χ0) is 27.4. The monoisotopic (exact) mass is 526 g/mol. The summed E-state index contributed by atoms with van der Waals surface area (Å²) in [6.45, 7) is 3.24. The van der Waals surface area contributed by atoms with Crippen molar-refractivity contribution in [1.82, 2.24) is 4.98 Å². The summed E-state index contributed by atoms with van der Waals surface area (Å²) >= 11 is 0. The van der Waals surface area contributed by atoms with Crippen molar-refractivity contribution in [2.45, 2.75) is 44.8 Å². The van der Waals surface area contributed by atoms with Crippen molar-refractivity contribution in [2.24, 2.45) is 0 Å². The largest absolute Gasteiger partial charge is 0.478 e. The van der Waals surface area contributed by atoms with E-state index in [-0.39, 0.29) is 12.4 Å². The summed E-state index contributed by atoms with van der Waals surface area (Å²) in [4.78, 5) is 16.8. The maximum absolute atomic E-state index is 13.0. The number of hydrogen-bond acceptors (Lipinski definition) is 4. The van der Waals surface area contributed by atoms with Crippen LogP contribution in [0.4, 0.5) is 32.2 Å². The van der Waals surface area contributed by atoms with E-state index in [0.29, 0.717) is 30.5 Å². The van der Waals surface area contributed by atoms with Crippen LogP contribution in [0.25, 0.3) is 0 Å². The molecule has 198 valence electrons. The quantitative estimate of drug-likeness (QED) is 0.318. The molecule has 0 saturated heterocycles. The van der Waals surface area contributed by atoms with Crippen molar-refractivity contribution in [1.29, 1.82) is 0 Å². The maximum atomic E-state index is 13.0. The molecule has 1 aromatic heterocycles. The summed E-state index contributed by atoms with van der Waals surface area (Å²) in [6, 6.07) is 13.3. The summed E-state index contributed by atoms with van der Waals surface area (Å²) < 4.78 is 83.1. The number of benzene rings is 2. The van der Waals surface area contributed by atoms with Gasteiger partial charge >= 0.3 is 18.3 Å². The Morgan fingerprint density at radius 3 is 1.86 bits per heavy atom. The Bertz CT molecular complexity index is 1190. The molecule has 3 aromatic rings. The molecule has 0 saturated carbocycles. The second kappa shape index (κ2) is 10.7. The number of ether oxygens (including phenoxy) is 1. The normalized spacial score (nSPS) is 12.3. The van der Waals surface area contributed by atoms with Gasteiger partial charge in [0.05, 0.1) is 11.1 Å². The third-order valence-electron chi connectivity index (χ3n) is 5.54. The Morgan fingerprint density at radius 2 is 1.38 bits per heavy atom. The number of carboxylic acids is 1. The van der Waals surface area contributed by atoms with Gasteiger partial charge in [-0.3, -0.25) is 0 Å². The minimum absolute atomic E-state index is 0.116. The van der Waals surface area contributed by atoms with Crippen LogP contribution in [0.15, 0.2) is 66.9 Å². The maximum Gasteiger partial charge on any atom is 0.417 e. The van der Waals surface area contributed by atoms with E-state index in [2.05, 4.69) is 4.98 Å². The lowest BCUT2D eigenvalue weighted by Crippen LogP contribution is -2.37. The summed E-state index contributed by atoms with van der Waals surface area (Å²) in [5.41, 5.74) is -1.79. The van der Waals surface area contributed by atoms with E-state index >= 15 is 0 Å². The molecule has 0 fully saturated rings. The molecule has 0 radical (unpaired) electrons. The number of rotatable bonds is 9. The van der Waals surface area contributed by atoms with Crippen LogP contribution in [-0.2, 0) is 30.1 Å². The van der Waals surface area contributed by atoms with Crippen molar-refractivity contribution in [3.8, 4) is 5.75 Å². The fraction of sp³-hybridized carbons (Fsp3) is 0.308. The molecule has 0 bridgehead atoms. The molecule has 1 heterocycles. The van der Waals surface area contributed by atoms with Gasteiger partial charge in [-0.25, -0.2) is 9.78 Å². The molecule has 1 N–H and O–H groups in total. The molecule has 0 amide bonds. The van der Waals surface area contributed by atoms with Gasteiger partial charge < -0.3 is 14.7 Å². The van der Waals surface area contributed by atoms with Crippen LogP contribution in [0, 0.1) is 0 Å². The van der Waals surface area contributed by atoms with Crippen LogP contribution < -0.4 is 9.64 Å². The van der Waals surface area contributed by atoms with Gasteiger partial charge in [-0.1, -0.05) is 24.3 Å². The SMILES string of the molecule is CC(C)(Oc1ccc(CCN(Cc2ccc(C(F)(F)F)cc2)c2ccc(C(F)(F)F)cn2)cc1)C(=O)O. The lowest BCUT2D eigenvalue weighted by atomic mass is 10.1. The number of alkyl halides is 6. The molecule has 0 atom stereocenters. The first-order valence-electron chi connectivity index (χ1n) is 11.1. The van der Waals surface area contributed by atoms with Crippen molar-refractivity contribution < 1.29 is 41.0 Å². The number of carbonyl (C=O) groups is 1. The highest BCUT2D eigenvalue weighted by Crippen LogP contribution is 2.31. The lowest BCUT2D eigenvalue weighted by molar-refractivity contribution is -0.152. The standard InChI is InChI=1S/C26H24F6N2O3/c1-24(2,23(35)36)37-21-10-5-17(6-11-21)13-14-34(22-12-9-20(15-33-22)26(30,31)32)16-18-3-7-19(8-4-18)25(27,28)29/h3-12,15H,13-14,16H2,1-2H3,(H,35,36). The first-order chi connectivity index (χ1) is 17.1. The number of halogens is 6. The first-order valence-corrected chi connectivity index (χ1v) is 11.1. The van der Waals surface area contributed by atoms with Crippen LogP contribution in [0.1, 0.15) is 36.1 Å². The number of anilines is 1. The second-order valence-electron chi connectivity index (χ2n) is 8.83. The topological polar surface area (TPSA) is 62.7 Å². The van der Waals surface area contributed by atoms with Crippen LogP contribution in [-0.4, -0.2) is 28.2 Å². The third-order valence-corrected chi connectivity index (χ3v) is 5.54. The molecular weight excluding hydrogens is 502 g/mol. The number of hydrogen-bond donors (Lipinski definition) is 1. The highest BCUT2D eigenvalue weighted by Gasteiger charge is 2.32. The molecule has 11 heteroatoms. The molecule has 0 aliphatic rings. The van der Waals surface area contributed by atoms with E-state index in [4.69, 9.17) is 4.74 Å². The van der Waals surface area contributed by atoms with Gasteiger partial charge in [0.15, 0.2) is 5.60 Å². The molecule has 37 heavy (non-hydrogen) atoms. The molecule has 0 spiro atoms. The smallest absolute Gasteiger partial charge is 0.417 e. The second-order valence-corrected chi connectivity index (χ2v) is 8.83. The Morgan fingerprint density at radius 1 is 0.838 bits per heavy atom. The lowest BCUT2D eigenvalue weighted by Gasteiger charge is -2.25. The van der Waals surface area contributed by atoms with Gasteiger partial charge in [0.2, 0.25) is 0 Å². The predicted molar refractivity (Wildman–Crippen MR) is 124 cm³/mol. The van der Waals surface area contributed by atoms with E-state index in [1.807, 2.05) is 0 Å². The average Bonchev–Trinajstić information content (AvgIpc) is 2.81. The summed E-state index contributed by atoms with van der Waals surface area (Å²) in [6.07, 6.45) is -7.90. The van der Waals surface area contributed by atoms with E-state index in [1.54, 1.807) is 29.2 Å². The highest BCUT2D eigenvalue weighted by atomic mass is 19.4. The first kappa shape index (κ1) is 27.8. The van der Waals surface area contributed by atoms with Gasteiger partial charge in [-0.15, -0.1) is 0 Å². The predicted octanol–water partition coefficient (Wildman–Crippen LogP) is 6.61. The molecule has 0 aliphatic heterocycles. The molecule has 0 aliphatic carbocycles. The highest BCUT2D eigenvalue weighted by molar-refractivity contribution is 5.76. The number of carboxylic acid groups (broad SMARTS) is 1. The minimum atomic E-state index is -4.55. The zero-order valence-corrected chi connectivity index (χ0v) is 19.9. The summed E-state index contributed by atoms with van der Waals surface area (Å²) in [5.74, 6) is -0.544. The average molecular weight is 526 g/mol. The van der Waals surface area contributed by atoms with Crippen molar-refractivity contribution in [3.63, 3.8) is 0 Å². The molecular formula is C26H24F6N2O3. The Balaban J connectivity index is 1.78. The molecule has 2 aromatic carbocycles. The van der Waals surface area contributed by atoms with E-state index in [9.17, 15) is 36.2 Å². The Kier molecular flexibility index (Phi) is 8.04. The molecule has 0 unspecified atom stereocenters. The van der Waals surface area contributed by atoms with Crippen molar-refractivity contribution >= 4 is 11.8 Å². The van der Waals surface area contributed by atoms with Gasteiger partial charge in [0.25, 0.3) is 0 Å². The van der Waals surface area contributed by atoms with Gasteiger partial charge in [0, 0.05) is 19.3 Å². The van der Waals surface area contributed by atoms with Crippen LogP contribution in [0.3, 0.4) is 0 Å². The van der Waals surface area contributed by atoms with Crippen LogP contribution >= 0.6 is 0 Å². The van der Waals surface area contributed by atoms with Crippen molar-refractivity contribution in [3.05, 3.63) is 89.1 Å². The summed E-state index contributed by atoms with van der Waals surface area (Å²) in [7, 11) is 0. The molecule has 5 nitrogen and oxygen atoms in total. The number of pyridine rings is 1. The Labute approximate surface area is 209 Å². The Hall–Kier alpha value is -3.76. The van der Waals surface area contributed by atoms with Gasteiger partial charge in [-0.05, 0) is 67.8 Å². The third kappa shape index (κ3) is 7.61. The van der Waals surface area contributed by atoms with Crippen LogP contribution in [0.2, 0.25) is 0 Å². The van der Waals surface area contributed by atoms with Crippen LogP contribution in [0.5, 0.6) is 5.75 Å². The van der Waals surface area contributed by atoms with E-state index in [1.165, 1.54) is 32.0 Å². The van der Waals surface area contributed by atoms with Gasteiger partial charge in [0.1, 0.15) is 11.6 Å². The minimum Gasteiger partial charge on any atom is -0.478 e. The number of aromatic nitrogens is 1. The number of nitrogens with zero attached hydrogens (tertiary/aromatic N) is 2. The fourth-order valence-corrected chi connectivity index (χ4v) is 3.36. The fourth-order valence-electron chi connectivity index (χ4n) is 3.36. The van der Waals surface area contributed by atoms with Crippen molar-refractivity contribution in [2.75, 3.05) is 11.4 Å².